The molecule has 0 aliphatic carbocycles. The number of aromatic nitrogens is 1. The number of carboxylic acid groups (broad SMARTS) is 1. The van der Waals surface area contributed by atoms with Crippen molar-refractivity contribution in [3.8, 4) is 0 Å². The van der Waals surface area contributed by atoms with Crippen molar-refractivity contribution < 1.29 is 9.90 Å². The standard InChI is InChI=1S/C10H8BrNO2/c1-5-2-3-7(11)9-6(5)4-8(12-9)10(13)14/h2-4,12H,1H3,(H,13,14). The van der Waals surface area contributed by atoms with Crippen molar-refractivity contribution in [2.75, 3.05) is 0 Å². The molecule has 2 rings (SSSR count). The number of benzene rings is 1. The summed E-state index contributed by atoms with van der Waals surface area (Å²) in [6.45, 7) is 1.95. The molecule has 2 N–H and O–H groups in total. The third-order valence-corrected chi connectivity index (χ3v) is 2.85. The van der Waals surface area contributed by atoms with Gasteiger partial charge in [0.05, 0.1) is 5.52 Å². The number of hydrogen-bond donors (Lipinski definition) is 2. The van der Waals surface area contributed by atoms with E-state index in [0.29, 0.717) is 0 Å². The molecule has 2 aromatic rings. The van der Waals surface area contributed by atoms with Crippen molar-refractivity contribution in [3.05, 3.63) is 33.9 Å². The molecule has 0 atom stereocenters. The monoisotopic (exact) mass is 253 g/mol. The molecule has 0 aliphatic heterocycles. The van der Waals surface area contributed by atoms with E-state index in [1.807, 2.05) is 19.1 Å². The van der Waals surface area contributed by atoms with E-state index in [4.69, 9.17) is 5.11 Å². The first kappa shape index (κ1) is 9.27. The molecule has 0 spiro atoms. The van der Waals surface area contributed by atoms with Gasteiger partial charge in [0, 0.05) is 9.86 Å². The van der Waals surface area contributed by atoms with Gasteiger partial charge in [-0.15, -0.1) is 0 Å². The lowest BCUT2D eigenvalue weighted by atomic mass is 10.1. The summed E-state index contributed by atoms with van der Waals surface area (Å²) in [7, 11) is 0. The Morgan fingerprint density at radius 1 is 1.50 bits per heavy atom. The Balaban J connectivity index is 2.82. The SMILES string of the molecule is Cc1ccc(Br)c2[nH]c(C(=O)O)cc12. The molecule has 3 nitrogen and oxygen atoms in total. The number of aryl methyl sites for hydroxylation is 1. The Hall–Kier alpha value is -1.29. The van der Waals surface area contributed by atoms with Gasteiger partial charge in [-0.05, 0) is 40.5 Å². The second-order valence-corrected chi connectivity index (χ2v) is 4.00. The maximum absolute atomic E-state index is 10.7. The van der Waals surface area contributed by atoms with Crippen LogP contribution in [0.15, 0.2) is 22.7 Å². The van der Waals surface area contributed by atoms with Crippen LogP contribution in [0.1, 0.15) is 16.1 Å². The lowest BCUT2D eigenvalue weighted by molar-refractivity contribution is 0.0691. The number of aromatic carboxylic acids is 1. The van der Waals surface area contributed by atoms with Crippen LogP contribution < -0.4 is 0 Å². The Morgan fingerprint density at radius 2 is 2.21 bits per heavy atom. The minimum Gasteiger partial charge on any atom is -0.477 e. The summed E-state index contributed by atoms with van der Waals surface area (Å²) >= 11 is 3.37. The zero-order chi connectivity index (χ0) is 10.3. The van der Waals surface area contributed by atoms with Gasteiger partial charge in [-0.1, -0.05) is 6.07 Å². The zero-order valence-electron chi connectivity index (χ0n) is 7.47. The number of hydrogen-bond acceptors (Lipinski definition) is 1. The van der Waals surface area contributed by atoms with E-state index in [9.17, 15) is 4.79 Å². The van der Waals surface area contributed by atoms with Crippen LogP contribution in [0.5, 0.6) is 0 Å². The normalized spacial score (nSPS) is 10.7. The van der Waals surface area contributed by atoms with Gasteiger partial charge >= 0.3 is 5.97 Å². The Labute approximate surface area is 88.9 Å². The fourth-order valence-corrected chi connectivity index (χ4v) is 1.89. The van der Waals surface area contributed by atoms with Gasteiger partial charge in [0.15, 0.2) is 0 Å². The van der Waals surface area contributed by atoms with Crippen LogP contribution in [-0.4, -0.2) is 16.1 Å². The molecule has 0 saturated carbocycles. The van der Waals surface area contributed by atoms with Crippen LogP contribution in [0.4, 0.5) is 0 Å². The second-order valence-electron chi connectivity index (χ2n) is 3.14. The fourth-order valence-electron chi connectivity index (χ4n) is 1.44. The molecule has 1 heterocycles. The van der Waals surface area contributed by atoms with Crippen LogP contribution in [0.3, 0.4) is 0 Å². The number of aromatic amines is 1. The van der Waals surface area contributed by atoms with Crippen molar-refractivity contribution in [1.82, 2.24) is 4.98 Å². The lowest BCUT2D eigenvalue weighted by Gasteiger charge is -1.96. The number of carboxylic acids is 1. The van der Waals surface area contributed by atoms with Gasteiger partial charge in [0.2, 0.25) is 0 Å². The molecular weight excluding hydrogens is 246 g/mol. The average Bonchev–Trinajstić information content (AvgIpc) is 2.57. The highest BCUT2D eigenvalue weighted by Gasteiger charge is 2.10. The minimum atomic E-state index is -0.938. The van der Waals surface area contributed by atoms with Crippen LogP contribution >= 0.6 is 15.9 Å². The molecule has 0 saturated heterocycles. The molecule has 72 valence electrons. The van der Waals surface area contributed by atoms with Gasteiger partial charge in [-0.2, -0.15) is 0 Å². The summed E-state index contributed by atoms with van der Waals surface area (Å²) in [6, 6.07) is 5.50. The van der Waals surface area contributed by atoms with Crippen LogP contribution in [-0.2, 0) is 0 Å². The van der Waals surface area contributed by atoms with E-state index >= 15 is 0 Å². The van der Waals surface area contributed by atoms with Gasteiger partial charge in [0.1, 0.15) is 5.69 Å². The summed E-state index contributed by atoms with van der Waals surface area (Å²) in [5.74, 6) is -0.938. The predicted octanol–water partition coefficient (Wildman–Crippen LogP) is 2.94. The Kier molecular flexibility index (Phi) is 2.07. The molecule has 1 aromatic carbocycles. The zero-order valence-corrected chi connectivity index (χ0v) is 9.05. The molecule has 0 radical (unpaired) electrons. The predicted molar refractivity (Wildman–Crippen MR) is 57.7 cm³/mol. The molecular formula is C10H8BrNO2. The maximum atomic E-state index is 10.7. The van der Waals surface area contributed by atoms with E-state index in [2.05, 4.69) is 20.9 Å². The highest BCUT2D eigenvalue weighted by Crippen LogP contribution is 2.26. The highest BCUT2D eigenvalue weighted by molar-refractivity contribution is 9.10. The van der Waals surface area contributed by atoms with Gasteiger partial charge in [-0.3, -0.25) is 0 Å². The molecule has 14 heavy (non-hydrogen) atoms. The topological polar surface area (TPSA) is 53.1 Å². The Bertz CT molecular complexity index is 477. The van der Waals surface area contributed by atoms with Gasteiger partial charge < -0.3 is 10.1 Å². The lowest BCUT2D eigenvalue weighted by Crippen LogP contribution is -1.94. The minimum absolute atomic E-state index is 0.218. The fraction of sp³-hybridized carbons (Fsp3) is 0.100. The summed E-state index contributed by atoms with van der Waals surface area (Å²) in [5, 5.41) is 9.76. The third-order valence-electron chi connectivity index (χ3n) is 2.19. The first-order valence-electron chi connectivity index (χ1n) is 4.10. The van der Waals surface area contributed by atoms with E-state index in [1.54, 1.807) is 6.07 Å². The Morgan fingerprint density at radius 3 is 2.79 bits per heavy atom. The van der Waals surface area contributed by atoms with E-state index in [0.717, 1.165) is 20.9 Å². The largest absolute Gasteiger partial charge is 0.477 e. The van der Waals surface area contributed by atoms with Crippen molar-refractivity contribution in [2.45, 2.75) is 6.92 Å². The third kappa shape index (κ3) is 1.32. The number of H-pyrrole nitrogens is 1. The average molecular weight is 254 g/mol. The van der Waals surface area contributed by atoms with Crippen molar-refractivity contribution in [2.24, 2.45) is 0 Å². The van der Waals surface area contributed by atoms with Crippen LogP contribution in [0.2, 0.25) is 0 Å². The van der Waals surface area contributed by atoms with Crippen molar-refractivity contribution in [3.63, 3.8) is 0 Å². The second kappa shape index (κ2) is 3.13. The van der Waals surface area contributed by atoms with E-state index in [-0.39, 0.29) is 5.69 Å². The quantitative estimate of drug-likeness (QED) is 0.821. The summed E-state index contributed by atoms with van der Waals surface area (Å²) in [5.41, 5.74) is 2.12. The first-order chi connectivity index (χ1) is 6.59. The van der Waals surface area contributed by atoms with E-state index < -0.39 is 5.97 Å². The molecule has 0 fully saturated rings. The van der Waals surface area contributed by atoms with Gasteiger partial charge in [-0.25, -0.2) is 4.79 Å². The maximum Gasteiger partial charge on any atom is 0.352 e. The number of nitrogens with one attached hydrogen (secondary N) is 1. The van der Waals surface area contributed by atoms with Crippen LogP contribution in [0, 0.1) is 6.92 Å². The van der Waals surface area contributed by atoms with Crippen LogP contribution in [0.25, 0.3) is 10.9 Å². The number of fused-ring (bicyclic) bond motifs is 1. The molecule has 1 aromatic heterocycles. The molecule has 0 aliphatic rings. The molecule has 0 amide bonds. The van der Waals surface area contributed by atoms with E-state index in [1.165, 1.54) is 0 Å². The van der Waals surface area contributed by atoms with Crippen molar-refractivity contribution >= 4 is 32.8 Å². The first-order valence-corrected chi connectivity index (χ1v) is 4.90. The van der Waals surface area contributed by atoms with Crippen molar-refractivity contribution in [1.29, 1.82) is 0 Å². The summed E-state index contributed by atoms with van der Waals surface area (Å²) < 4.78 is 0.880. The smallest absolute Gasteiger partial charge is 0.352 e. The number of rotatable bonds is 1. The summed E-state index contributed by atoms with van der Waals surface area (Å²) in [6.07, 6.45) is 0. The highest BCUT2D eigenvalue weighted by atomic mass is 79.9. The van der Waals surface area contributed by atoms with Gasteiger partial charge in [0.25, 0.3) is 0 Å². The molecule has 4 heteroatoms. The summed E-state index contributed by atoms with van der Waals surface area (Å²) in [4.78, 5) is 13.6. The molecule has 0 bridgehead atoms. The molecule has 0 unspecified atom stereocenters. The number of halogens is 1. The number of carbonyl (C=O) groups is 1.